The molecule has 1 aromatic rings. The molecule has 2 rings (SSSR count). The second-order valence-electron chi connectivity index (χ2n) is 5.75. The summed E-state index contributed by atoms with van der Waals surface area (Å²) < 4.78 is 0.999. The Bertz CT molecular complexity index is 625. The van der Waals surface area contributed by atoms with Crippen molar-refractivity contribution in [2.75, 3.05) is 18.4 Å². The number of carbonyl (C=O) groups excluding carboxylic acids is 1. The van der Waals surface area contributed by atoms with Gasteiger partial charge in [-0.05, 0) is 49.4 Å². The molecule has 116 valence electrons. The number of nitrogens with one attached hydrogen (secondary N) is 1. The first-order valence-electron chi connectivity index (χ1n) is 7.43. The number of nitriles is 1. The standard InChI is InChI=1S/C17H20BrN3O/c1-12-5-7-21(8-6-12)17(22)14(10-19)11-20-16-4-3-15(18)9-13(16)2/h3-4,9,11-12,20H,5-8H2,1-2H3/b14-11-. The summed E-state index contributed by atoms with van der Waals surface area (Å²) in [6, 6.07) is 7.83. The average molecular weight is 362 g/mol. The van der Waals surface area contributed by atoms with E-state index in [4.69, 9.17) is 0 Å². The number of amides is 1. The zero-order valence-corrected chi connectivity index (χ0v) is 14.5. The number of nitrogens with zero attached hydrogens (tertiary/aromatic N) is 2. The molecule has 0 atom stereocenters. The smallest absolute Gasteiger partial charge is 0.266 e. The average Bonchev–Trinajstić information content (AvgIpc) is 2.50. The molecule has 1 aliphatic heterocycles. The summed E-state index contributed by atoms with van der Waals surface area (Å²) in [5, 5.41) is 12.3. The van der Waals surface area contributed by atoms with Gasteiger partial charge in [-0.1, -0.05) is 22.9 Å². The van der Waals surface area contributed by atoms with Gasteiger partial charge < -0.3 is 10.2 Å². The van der Waals surface area contributed by atoms with Crippen molar-refractivity contribution >= 4 is 27.5 Å². The van der Waals surface area contributed by atoms with Gasteiger partial charge in [0, 0.05) is 29.4 Å². The van der Waals surface area contributed by atoms with Crippen LogP contribution in [-0.4, -0.2) is 23.9 Å². The first kappa shape index (κ1) is 16.6. The van der Waals surface area contributed by atoms with Crippen LogP contribution in [0, 0.1) is 24.2 Å². The molecule has 0 aliphatic carbocycles. The fourth-order valence-corrected chi connectivity index (χ4v) is 2.94. The SMILES string of the molecule is Cc1cc(Br)ccc1N/C=C(/C#N)C(=O)N1CCC(C)CC1. The van der Waals surface area contributed by atoms with Crippen molar-refractivity contribution in [2.45, 2.75) is 26.7 Å². The first-order chi connectivity index (χ1) is 10.5. The lowest BCUT2D eigenvalue weighted by molar-refractivity contribution is -0.128. The van der Waals surface area contributed by atoms with Crippen LogP contribution in [0.15, 0.2) is 34.4 Å². The van der Waals surface area contributed by atoms with E-state index in [1.165, 1.54) is 6.20 Å². The Morgan fingerprint density at radius 1 is 1.45 bits per heavy atom. The molecule has 22 heavy (non-hydrogen) atoms. The van der Waals surface area contributed by atoms with Gasteiger partial charge in [-0.25, -0.2) is 0 Å². The Kier molecular flexibility index (Phi) is 5.62. The lowest BCUT2D eigenvalue weighted by Gasteiger charge is -2.30. The van der Waals surface area contributed by atoms with Crippen LogP contribution in [0.1, 0.15) is 25.3 Å². The van der Waals surface area contributed by atoms with Crippen LogP contribution in [0.2, 0.25) is 0 Å². The Hall–Kier alpha value is -1.80. The Balaban J connectivity index is 2.07. The minimum Gasteiger partial charge on any atom is -0.360 e. The monoisotopic (exact) mass is 361 g/mol. The summed E-state index contributed by atoms with van der Waals surface area (Å²) in [6.45, 7) is 5.63. The number of hydrogen-bond acceptors (Lipinski definition) is 3. The fourth-order valence-electron chi connectivity index (χ4n) is 2.46. The first-order valence-corrected chi connectivity index (χ1v) is 8.23. The van der Waals surface area contributed by atoms with Gasteiger partial charge >= 0.3 is 0 Å². The summed E-state index contributed by atoms with van der Waals surface area (Å²) in [5.41, 5.74) is 2.08. The highest BCUT2D eigenvalue weighted by Gasteiger charge is 2.22. The van der Waals surface area contributed by atoms with Crippen LogP contribution in [0.25, 0.3) is 0 Å². The molecule has 4 nitrogen and oxygen atoms in total. The molecule has 1 N–H and O–H groups in total. The van der Waals surface area contributed by atoms with E-state index in [0.29, 0.717) is 5.92 Å². The lowest BCUT2D eigenvalue weighted by Crippen LogP contribution is -2.38. The van der Waals surface area contributed by atoms with Crippen molar-refractivity contribution in [3.05, 3.63) is 40.0 Å². The molecule has 1 fully saturated rings. The van der Waals surface area contributed by atoms with Crippen molar-refractivity contribution in [2.24, 2.45) is 5.92 Å². The quantitative estimate of drug-likeness (QED) is 0.657. The Labute approximate surface area is 139 Å². The van der Waals surface area contributed by atoms with Gasteiger partial charge in [-0.15, -0.1) is 0 Å². The minimum atomic E-state index is -0.184. The third kappa shape index (κ3) is 4.11. The number of likely N-dealkylation sites (tertiary alicyclic amines) is 1. The number of anilines is 1. The van der Waals surface area contributed by atoms with Gasteiger partial charge in [-0.2, -0.15) is 5.26 Å². The molecule has 0 radical (unpaired) electrons. The van der Waals surface area contributed by atoms with E-state index in [9.17, 15) is 10.1 Å². The maximum atomic E-state index is 12.4. The van der Waals surface area contributed by atoms with Gasteiger partial charge in [0.2, 0.25) is 0 Å². The number of benzene rings is 1. The number of piperidine rings is 1. The molecular weight excluding hydrogens is 342 g/mol. The van der Waals surface area contributed by atoms with Crippen LogP contribution in [0.4, 0.5) is 5.69 Å². The van der Waals surface area contributed by atoms with E-state index < -0.39 is 0 Å². The van der Waals surface area contributed by atoms with Gasteiger partial charge in [0.25, 0.3) is 5.91 Å². The number of rotatable bonds is 3. The molecule has 1 amide bonds. The molecule has 1 heterocycles. The van der Waals surface area contributed by atoms with Crippen molar-refractivity contribution < 1.29 is 4.79 Å². The van der Waals surface area contributed by atoms with Crippen LogP contribution in [-0.2, 0) is 4.79 Å². The molecule has 0 saturated carbocycles. The summed E-state index contributed by atoms with van der Waals surface area (Å²) in [4.78, 5) is 14.2. The van der Waals surface area contributed by atoms with Crippen molar-refractivity contribution in [1.82, 2.24) is 4.90 Å². The van der Waals surface area contributed by atoms with E-state index in [0.717, 1.165) is 41.7 Å². The predicted molar refractivity (Wildman–Crippen MR) is 91.2 cm³/mol. The number of halogens is 1. The highest BCUT2D eigenvalue weighted by molar-refractivity contribution is 9.10. The third-order valence-corrected chi connectivity index (χ3v) is 4.48. The van der Waals surface area contributed by atoms with Crippen LogP contribution < -0.4 is 5.32 Å². The van der Waals surface area contributed by atoms with E-state index in [-0.39, 0.29) is 11.5 Å². The van der Waals surface area contributed by atoms with Crippen LogP contribution in [0.3, 0.4) is 0 Å². The zero-order valence-electron chi connectivity index (χ0n) is 12.9. The summed E-state index contributed by atoms with van der Waals surface area (Å²) >= 11 is 3.41. The number of hydrogen-bond donors (Lipinski definition) is 1. The maximum absolute atomic E-state index is 12.4. The maximum Gasteiger partial charge on any atom is 0.266 e. The van der Waals surface area contributed by atoms with Crippen LogP contribution >= 0.6 is 15.9 Å². The number of carbonyl (C=O) groups is 1. The molecule has 1 aliphatic rings. The topological polar surface area (TPSA) is 56.1 Å². The third-order valence-electron chi connectivity index (χ3n) is 3.98. The van der Waals surface area contributed by atoms with Gasteiger partial charge in [0.05, 0.1) is 0 Å². The zero-order chi connectivity index (χ0) is 16.1. The number of aryl methyl sites for hydroxylation is 1. The lowest BCUT2D eigenvalue weighted by atomic mass is 9.99. The second kappa shape index (κ2) is 7.46. The highest BCUT2D eigenvalue weighted by Crippen LogP contribution is 2.21. The normalized spacial score (nSPS) is 16.3. The van der Waals surface area contributed by atoms with Crippen molar-refractivity contribution in [3.63, 3.8) is 0 Å². The molecular formula is C17H20BrN3O. The second-order valence-corrected chi connectivity index (χ2v) is 6.66. The molecule has 5 heteroatoms. The minimum absolute atomic E-state index is 0.150. The van der Waals surface area contributed by atoms with Crippen LogP contribution in [0.5, 0.6) is 0 Å². The summed E-state index contributed by atoms with van der Waals surface area (Å²) in [7, 11) is 0. The van der Waals surface area contributed by atoms with E-state index >= 15 is 0 Å². The summed E-state index contributed by atoms with van der Waals surface area (Å²) in [5.74, 6) is 0.471. The van der Waals surface area contributed by atoms with Gasteiger partial charge in [0.15, 0.2) is 0 Å². The fraction of sp³-hybridized carbons (Fsp3) is 0.412. The molecule has 0 spiro atoms. The molecule has 0 unspecified atom stereocenters. The van der Waals surface area contributed by atoms with Crippen molar-refractivity contribution in [1.29, 1.82) is 5.26 Å². The van der Waals surface area contributed by atoms with Gasteiger partial charge in [0.1, 0.15) is 11.6 Å². The molecule has 1 saturated heterocycles. The van der Waals surface area contributed by atoms with E-state index in [1.807, 2.05) is 31.2 Å². The Morgan fingerprint density at radius 2 is 2.14 bits per heavy atom. The van der Waals surface area contributed by atoms with Crippen molar-refractivity contribution in [3.8, 4) is 6.07 Å². The Morgan fingerprint density at radius 3 is 2.73 bits per heavy atom. The highest BCUT2D eigenvalue weighted by atomic mass is 79.9. The molecule has 1 aromatic carbocycles. The molecule has 0 aromatic heterocycles. The predicted octanol–water partition coefficient (Wildman–Crippen LogP) is 3.84. The van der Waals surface area contributed by atoms with E-state index in [2.05, 4.69) is 28.2 Å². The summed E-state index contributed by atoms with van der Waals surface area (Å²) in [6.07, 6.45) is 3.52. The largest absolute Gasteiger partial charge is 0.360 e. The van der Waals surface area contributed by atoms with Gasteiger partial charge in [-0.3, -0.25) is 4.79 Å². The molecule has 0 bridgehead atoms. The van der Waals surface area contributed by atoms with E-state index in [1.54, 1.807) is 4.90 Å².